The molecule has 2 atom stereocenters. The zero-order valence-corrected chi connectivity index (χ0v) is 7.08. The Morgan fingerprint density at radius 2 is 2.44 bits per heavy atom. The maximum Gasteiger partial charge on any atom is 0.167 e. The van der Waals surface area contributed by atoms with Crippen LogP contribution >= 0.6 is 22.6 Å². The molecule has 1 aliphatic rings. The van der Waals surface area contributed by atoms with Gasteiger partial charge < -0.3 is 14.6 Å². The predicted molar refractivity (Wildman–Crippen MR) is 40.6 cm³/mol. The van der Waals surface area contributed by atoms with Crippen LogP contribution in [0.5, 0.6) is 0 Å². The second-order valence-corrected chi connectivity index (χ2v) is 2.74. The fourth-order valence-corrected chi connectivity index (χ4v) is 1.15. The lowest BCUT2D eigenvalue weighted by Crippen LogP contribution is -2.16. The molecule has 1 fully saturated rings. The summed E-state index contributed by atoms with van der Waals surface area (Å²) in [5.74, 6) is 0. The molecule has 0 radical (unpaired) electrons. The number of rotatable bonds is 2. The van der Waals surface area contributed by atoms with E-state index in [-0.39, 0.29) is 19.0 Å². The average molecular weight is 244 g/mol. The van der Waals surface area contributed by atoms with Crippen molar-refractivity contribution in [3.05, 3.63) is 0 Å². The van der Waals surface area contributed by atoms with Gasteiger partial charge in [0.25, 0.3) is 0 Å². The molecule has 1 rings (SSSR count). The first-order valence-electron chi connectivity index (χ1n) is 2.80. The Balaban J connectivity index is 2.20. The third-order valence-corrected chi connectivity index (χ3v) is 1.86. The van der Waals surface area contributed by atoms with Crippen molar-refractivity contribution in [2.75, 3.05) is 17.6 Å². The molecule has 9 heavy (non-hydrogen) atoms. The molecule has 1 aliphatic heterocycles. The molecule has 2 unspecified atom stereocenters. The average Bonchev–Trinajstić information content (AvgIpc) is 2.34. The third-order valence-electron chi connectivity index (χ3n) is 1.14. The molecule has 0 saturated carbocycles. The molecule has 4 heteroatoms. The van der Waals surface area contributed by atoms with Gasteiger partial charge in [-0.15, -0.1) is 0 Å². The van der Waals surface area contributed by atoms with E-state index in [0.29, 0.717) is 6.61 Å². The summed E-state index contributed by atoms with van der Waals surface area (Å²) in [6, 6.07) is 0. The molecule has 0 amide bonds. The number of halogens is 1. The normalized spacial score (nSPS) is 35.3. The van der Waals surface area contributed by atoms with E-state index in [2.05, 4.69) is 22.6 Å². The largest absolute Gasteiger partial charge is 0.394 e. The Morgan fingerprint density at radius 3 is 2.78 bits per heavy atom. The minimum Gasteiger partial charge on any atom is -0.394 e. The Hall–Kier alpha value is 0.610. The Morgan fingerprint density at radius 1 is 1.67 bits per heavy atom. The molecule has 1 N–H and O–H groups in total. The van der Waals surface area contributed by atoms with Gasteiger partial charge in [0, 0.05) is 0 Å². The maximum absolute atomic E-state index is 8.57. The van der Waals surface area contributed by atoms with Gasteiger partial charge in [-0.25, -0.2) is 0 Å². The fraction of sp³-hybridized carbons (Fsp3) is 1.00. The van der Waals surface area contributed by atoms with Gasteiger partial charge in [0.2, 0.25) is 0 Å². The zero-order valence-electron chi connectivity index (χ0n) is 4.92. The van der Waals surface area contributed by atoms with Crippen molar-refractivity contribution >= 4 is 22.6 Å². The van der Waals surface area contributed by atoms with Crippen LogP contribution in [0, 0.1) is 0 Å². The highest BCUT2D eigenvalue weighted by Crippen LogP contribution is 2.12. The molecule has 0 aromatic rings. The summed E-state index contributed by atoms with van der Waals surface area (Å²) in [5, 5.41) is 8.57. The summed E-state index contributed by atoms with van der Waals surface area (Å²) >= 11 is 2.18. The van der Waals surface area contributed by atoms with Crippen molar-refractivity contribution in [2.45, 2.75) is 12.4 Å². The van der Waals surface area contributed by atoms with E-state index >= 15 is 0 Å². The SMILES string of the molecule is OCC1COC(CI)O1. The number of hydrogen-bond donors (Lipinski definition) is 1. The van der Waals surface area contributed by atoms with Crippen LogP contribution in [-0.4, -0.2) is 35.1 Å². The topological polar surface area (TPSA) is 38.7 Å². The van der Waals surface area contributed by atoms with Gasteiger partial charge in [-0.2, -0.15) is 0 Å². The number of hydrogen-bond acceptors (Lipinski definition) is 3. The Labute approximate surface area is 67.5 Å². The van der Waals surface area contributed by atoms with Gasteiger partial charge in [-0.05, 0) is 0 Å². The van der Waals surface area contributed by atoms with Gasteiger partial charge >= 0.3 is 0 Å². The van der Waals surface area contributed by atoms with Crippen LogP contribution in [0.4, 0.5) is 0 Å². The summed E-state index contributed by atoms with van der Waals surface area (Å²) in [6.07, 6.45) is -0.187. The van der Waals surface area contributed by atoms with Crippen molar-refractivity contribution in [3.63, 3.8) is 0 Å². The Kier molecular flexibility index (Phi) is 3.17. The molecule has 0 aliphatic carbocycles. The summed E-state index contributed by atoms with van der Waals surface area (Å²) in [5.41, 5.74) is 0. The van der Waals surface area contributed by atoms with E-state index in [4.69, 9.17) is 14.6 Å². The van der Waals surface area contributed by atoms with Crippen LogP contribution in [0.3, 0.4) is 0 Å². The molecule has 1 heterocycles. The molecule has 0 spiro atoms. The number of ether oxygens (including phenoxy) is 2. The maximum atomic E-state index is 8.57. The second kappa shape index (κ2) is 3.70. The van der Waals surface area contributed by atoms with Gasteiger partial charge in [0.1, 0.15) is 6.10 Å². The van der Waals surface area contributed by atoms with Gasteiger partial charge in [-0.1, -0.05) is 22.6 Å². The minimum absolute atomic E-state index is 0.0626. The number of aliphatic hydroxyl groups excluding tert-OH is 1. The first-order valence-corrected chi connectivity index (χ1v) is 4.33. The van der Waals surface area contributed by atoms with Crippen molar-refractivity contribution in [2.24, 2.45) is 0 Å². The number of alkyl halides is 1. The molecule has 54 valence electrons. The van der Waals surface area contributed by atoms with Crippen molar-refractivity contribution in [1.29, 1.82) is 0 Å². The van der Waals surface area contributed by atoms with E-state index in [0.717, 1.165) is 4.43 Å². The molecule has 0 bridgehead atoms. The van der Waals surface area contributed by atoms with Crippen molar-refractivity contribution in [1.82, 2.24) is 0 Å². The highest BCUT2D eigenvalue weighted by atomic mass is 127. The monoisotopic (exact) mass is 244 g/mol. The highest BCUT2D eigenvalue weighted by molar-refractivity contribution is 14.1. The minimum atomic E-state index is -0.0947. The van der Waals surface area contributed by atoms with E-state index in [1.807, 2.05) is 0 Å². The van der Waals surface area contributed by atoms with Crippen LogP contribution in [0.2, 0.25) is 0 Å². The molecule has 3 nitrogen and oxygen atoms in total. The van der Waals surface area contributed by atoms with E-state index in [1.54, 1.807) is 0 Å². The lowest BCUT2D eigenvalue weighted by molar-refractivity contribution is -0.0450. The summed E-state index contributed by atoms with van der Waals surface area (Å²) in [7, 11) is 0. The van der Waals surface area contributed by atoms with Crippen molar-refractivity contribution in [3.8, 4) is 0 Å². The quantitative estimate of drug-likeness (QED) is 0.555. The first-order chi connectivity index (χ1) is 4.36. The van der Waals surface area contributed by atoms with E-state index < -0.39 is 0 Å². The summed E-state index contributed by atoms with van der Waals surface area (Å²) < 4.78 is 11.1. The van der Waals surface area contributed by atoms with Crippen LogP contribution in [0.25, 0.3) is 0 Å². The molecular weight excluding hydrogens is 235 g/mol. The first kappa shape index (κ1) is 7.71. The summed E-state index contributed by atoms with van der Waals surface area (Å²) in [4.78, 5) is 0. The van der Waals surface area contributed by atoms with Crippen LogP contribution < -0.4 is 0 Å². The molecule has 1 saturated heterocycles. The van der Waals surface area contributed by atoms with Gasteiger partial charge in [0.15, 0.2) is 6.29 Å². The standard InChI is InChI=1S/C5H9IO3/c6-1-5-8-3-4(2-7)9-5/h4-5,7H,1-3H2. The van der Waals surface area contributed by atoms with Crippen molar-refractivity contribution < 1.29 is 14.6 Å². The molecular formula is C5H9IO3. The predicted octanol–water partition coefficient (Wildman–Crippen LogP) is 0.155. The Bertz CT molecular complexity index is 78.3. The highest BCUT2D eigenvalue weighted by Gasteiger charge is 2.23. The van der Waals surface area contributed by atoms with Crippen LogP contribution in [0.15, 0.2) is 0 Å². The van der Waals surface area contributed by atoms with Crippen LogP contribution in [0.1, 0.15) is 0 Å². The molecule has 0 aromatic carbocycles. The third kappa shape index (κ3) is 2.03. The fourth-order valence-electron chi connectivity index (χ4n) is 0.685. The molecule has 0 aromatic heterocycles. The number of aliphatic hydroxyl groups is 1. The smallest absolute Gasteiger partial charge is 0.167 e. The van der Waals surface area contributed by atoms with Gasteiger partial charge in [-0.3, -0.25) is 0 Å². The van der Waals surface area contributed by atoms with E-state index in [9.17, 15) is 0 Å². The zero-order chi connectivity index (χ0) is 6.69. The van der Waals surface area contributed by atoms with E-state index in [1.165, 1.54) is 0 Å². The second-order valence-electron chi connectivity index (χ2n) is 1.86. The lowest BCUT2D eigenvalue weighted by Gasteiger charge is -2.04. The lowest BCUT2D eigenvalue weighted by atomic mass is 10.4. The van der Waals surface area contributed by atoms with Crippen LogP contribution in [-0.2, 0) is 9.47 Å². The summed E-state index contributed by atoms with van der Waals surface area (Å²) in [6.45, 7) is 0.595. The van der Waals surface area contributed by atoms with Gasteiger partial charge in [0.05, 0.1) is 17.6 Å².